The van der Waals surface area contributed by atoms with Crippen LogP contribution in [0, 0.1) is 25.3 Å². The number of nitriles is 1. The summed E-state index contributed by atoms with van der Waals surface area (Å²) in [5.41, 5.74) is 3.13. The van der Waals surface area contributed by atoms with Crippen LogP contribution in [-0.2, 0) is 0 Å². The molecule has 0 bridgehead atoms. The Kier molecular flexibility index (Phi) is 3.63. The van der Waals surface area contributed by atoms with Crippen LogP contribution in [0.15, 0.2) is 48.5 Å². The van der Waals surface area contributed by atoms with Crippen molar-refractivity contribution in [1.82, 2.24) is 0 Å². The van der Waals surface area contributed by atoms with Crippen molar-refractivity contribution in [3.8, 4) is 6.19 Å². The van der Waals surface area contributed by atoms with Crippen molar-refractivity contribution in [2.24, 2.45) is 0 Å². The predicted molar refractivity (Wildman–Crippen MR) is 74.8 cm³/mol. The maximum absolute atomic E-state index is 12.3. The maximum Gasteiger partial charge on any atom is 0.271 e. The number of hydrogen-bond acceptors (Lipinski definition) is 2. The molecule has 0 unspecified atom stereocenters. The Morgan fingerprint density at radius 3 is 2.37 bits per heavy atom. The van der Waals surface area contributed by atoms with E-state index in [0.29, 0.717) is 11.3 Å². The third-order valence-electron chi connectivity index (χ3n) is 3.14. The van der Waals surface area contributed by atoms with Crippen LogP contribution in [0.4, 0.5) is 5.69 Å². The zero-order valence-corrected chi connectivity index (χ0v) is 10.9. The fourth-order valence-corrected chi connectivity index (χ4v) is 1.90. The van der Waals surface area contributed by atoms with Gasteiger partial charge in [0, 0.05) is 5.56 Å². The van der Waals surface area contributed by atoms with Crippen LogP contribution in [0.3, 0.4) is 0 Å². The van der Waals surface area contributed by atoms with E-state index in [-0.39, 0.29) is 5.91 Å². The highest BCUT2D eigenvalue weighted by Crippen LogP contribution is 2.23. The van der Waals surface area contributed by atoms with Crippen molar-refractivity contribution in [2.45, 2.75) is 13.8 Å². The number of nitrogens with zero attached hydrogens (tertiary/aromatic N) is 2. The lowest BCUT2D eigenvalue weighted by molar-refractivity contribution is 0.0999. The summed E-state index contributed by atoms with van der Waals surface area (Å²) in [6, 6.07) is 14.4. The van der Waals surface area contributed by atoms with Crippen molar-refractivity contribution >= 4 is 11.6 Å². The minimum atomic E-state index is -0.309. The molecule has 94 valence electrons. The minimum Gasteiger partial charge on any atom is -0.268 e. The molecule has 0 saturated carbocycles. The second kappa shape index (κ2) is 5.36. The Balaban J connectivity index is 2.44. The van der Waals surface area contributed by atoms with Crippen LogP contribution in [-0.4, -0.2) is 5.91 Å². The lowest BCUT2D eigenvalue weighted by Gasteiger charge is -2.17. The number of anilines is 1. The van der Waals surface area contributed by atoms with Crippen LogP contribution in [0.2, 0.25) is 0 Å². The molecule has 3 heteroatoms. The molecule has 0 aliphatic rings. The summed E-state index contributed by atoms with van der Waals surface area (Å²) in [5, 5.41) is 9.28. The number of carbonyl (C=O) groups excluding carboxylic acids is 1. The summed E-state index contributed by atoms with van der Waals surface area (Å²) in [6.45, 7) is 3.87. The monoisotopic (exact) mass is 250 g/mol. The molecular weight excluding hydrogens is 236 g/mol. The fourth-order valence-electron chi connectivity index (χ4n) is 1.90. The average Bonchev–Trinajstić information content (AvgIpc) is 2.45. The molecule has 2 aromatic rings. The van der Waals surface area contributed by atoms with Gasteiger partial charge in [-0.2, -0.15) is 5.26 Å². The SMILES string of the molecule is Cc1cccc(N(C#N)C(=O)c2ccccc2)c1C. The zero-order chi connectivity index (χ0) is 13.8. The highest BCUT2D eigenvalue weighted by Gasteiger charge is 2.19. The van der Waals surface area contributed by atoms with Crippen LogP contribution in [0.25, 0.3) is 0 Å². The van der Waals surface area contributed by atoms with Gasteiger partial charge in [0.15, 0.2) is 6.19 Å². The van der Waals surface area contributed by atoms with Crippen molar-refractivity contribution in [2.75, 3.05) is 4.90 Å². The smallest absolute Gasteiger partial charge is 0.268 e. The third-order valence-corrected chi connectivity index (χ3v) is 3.14. The van der Waals surface area contributed by atoms with Crippen molar-refractivity contribution in [1.29, 1.82) is 5.26 Å². The van der Waals surface area contributed by atoms with E-state index in [0.717, 1.165) is 16.0 Å². The Labute approximate surface area is 112 Å². The van der Waals surface area contributed by atoms with Crippen LogP contribution >= 0.6 is 0 Å². The molecule has 2 rings (SSSR count). The van der Waals surface area contributed by atoms with E-state index in [9.17, 15) is 10.1 Å². The van der Waals surface area contributed by atoms with Gasteiger partial charge in [-0.3, -0.25) is 4.79 Å². The molecular formula is C16H14N2O. The molecule has 0 aromatic heterocycles. The Hall–Kier alpha value is -2.60. The molecule has 0 spiro atoms. The van der Waals surface area contributed by atoms with Crippen LogP contribution < -0.4 is 4.90 Å². The molecule has 2 aromatic carbocycles. The molecule has 0 N–H and O–H groups in total. The quantitative estimate of drug-likeness (QED) is 0.605. The van der Waals surface area contributed by atoms with Crippen molar-refractivity contribution in [3.05, 3.63) is 65.2 Å². The summed E-state index contributed by atoms with van der Waals surface area (Å²) >= 11 is 0. The van der Waals surface area contributed by atoms with Gasteiger partial charge in [-0.15, -0.1) is 0 Å². The topological polar surface area (TPSA) is 44.1 Å². The van der Waals surface area contributed by atoms with E-state index in [4.69, 9.17) is 0 Å². The van der Waals surface area contributed by atoms with Gasteiger partial charge < -0.3 is 0 Å². The van der Waals surface area contributed by atoms with Gasteiger partial charge in [-0.05, 0) is 43.2 Å². The first-order chi connectivity index (χ1) is 9.15. The lowest BCUT2D eigenvalue weighted by atomic mass is 10.1. The fraction of sp³-hybridized carbons (Fsp3) is 0.125. The summed E-state index contributed by atoms with van der Waals surface area (Å²) in [4.78, 5) is 13.5. The molecule has 0 atom stereocenters. The van der Waals surface area contributed by atoms with E-state index in [1.54, 1.807) is 30.3 Å². The normalized spacial score (nSPS) is 9.74. The largest absolute Gasteiger partial charge is 0.271 e. The molecule has 19 heavy (non-hydrogen) atoms. The van der Waals surface area contributed by atoms with Gasteiger partial charge in [0.25, 0.3) is 5.91 Å². The van der Waals surface area contributed by atoms with Gasteiger partial charge in [0.1, 0.15) is 0 Å². The van der Waals surface area contributed by atoms with Gasteiger partial charge in [0.05, 0.1) is 5.69 Å². The first-order valence-corrected chi connectivity index (χ1v) is 6.00. The number of amides is 1. The van der Waals surface area contributed by atoms with Gasteiger partial charge in [0.2, 0.25) is 0 Å². The molecule has 0 aliphatic carbocycles. The molecule has 1 amide bonds. The Morgan fingerprint density at radius 1 is 1.05 bits per heavy atom. The average molecular weight is 250 g/mol. The van der Waals surface area contributed by atoms with E-state index in [1.807, 2.05) is 38.2 Å². The summed E-state index contributed by atoms with van der Waals surface area (Å²) in [7, 11) is 0. The number of carbonyl (C=O) groups is 1. The molecule has 0 aliphatic heterocycles. The minimum absolute atomic E-state index is 0.309. The third kappa shape index (κ3) is 2.48. The van der Waals surface area contributed by atoms with Crippen molar-refractivity contribution < 1.29 is 4.79 Å². The summed E-state index contributed by atoms with van der Waals surface area (Å²) in [6.07, 6.45) is 1.97. The Morgan fingerprint density at radius 2 is 1.74 bits per heavy atom. The van der Waals surface area contributed by atoms with E-state index >= 15 is 0 Å². The summed E-state index contributed by atoms with van der Waals surface area (Å²) in [5.74, 6) is -0.309. The number of rotatable bonds is 2. The number of aryl methyl sites for hydroxylation is 1. The van der Waals surface area contributed by atoms with E-state index < -0.39 is 0 Å². The molecule has 0 saturated heterocycles. The highest BCUT2D eigenvalue weighted by atomic mass is 16.2. The molecule has 0 fully saturated rings. The second-order valence-electron chi connectivity index (χ2n) is 4.33. The van der Waals surface area contributed by atoms with E-state index in [2.05, 4.69) is 0 Å². The summed E-state index contributed by atoms with van der Waals surface area (Å²) < 4.78 is 0. The number of benzene rings is 2. The van der Waals surface area contributed by atoms with Gasteiger partial charge >= 0.3 is 0 Å². The van der Waals surface area contributed by atoms with Crippen molar-refractivity contribution in [3.63, 3.8) is 0 Å². The standard InChI is InChI=1S/C16H14N2O/c1-12-7-6-10-15(13(12)2)18(11-17)16(19)14-8-4-3-5-9-14/h3-10H,1-2H3. The molecule has 3 nitrogen and oxygen atoms in total. The van der Waals surface area contributed by atoms with Gasteiger partial charge in [-0.25, -0.2) is 4.90 Å². The van der Waals surface area contributed by atoms with Crippen LogP contribution in [0.5, 0.6) is 0 Å². The Bertz CT molecular complexity index is 642. The highest BCUT2D eigenvalue weighted by molar-refractivity contribution is 6.08. The zero-order valence-electron chi connectivity index (χ0n) is 10.9. The van der Waals surface area contributed by atoms with Crippen LogP contribution in [0.1, 0.15) is 21.5 Å². The second-order valence-corrected chi connectivity index (χ2v) is 4.33. The van der Waals surface area contributed by atoms with E-state index in [1.165, 1.54) is 0 Å². The number of hydrogen-bond donors (Lipinski definition) is 0. The first kappa shape index (κ1) is 12.8. The first-order valence-electron chi connectivity index (χ1n) is 6.00. The molecule has 0 radical (unpaired) electrons. The maximum atomic E-state index is 12.3. The van der Waals surface area contributed by atoms with Gasteiger partial charge in [-0.1, -0.05) is 30.3 Å². The molecule has 0 heterocycles. The lowest BCUT2D eigenvalue weighted by Crippen LogP contribution is -2.26. The predicted octanol–water partition coefficient (Wildman–Crippen LogP) is 3.43.